The van der Waals surface area contributed by atoms with Gasteiger partial charge in [-0.25, -0.2) is 0 Å². The second-order valence-corrected chi connectivity index (χ2v) is 4.32. The van der Waals surface area contributed by atoms with E-state index in [2.05, 4.69) is 4.98 Å². The van der Waals surface area contributed by atoms with E-state index in [0.717, 1.165) is 24.4 Å². The number of hydrogen-bond acceptors (Lipinski definition) is 3. The van der Waals surface area contributed by atoms with Gasteiger partial charge in [-0.15, -0.1) is 0 Å². The molecule has 1 aromatic heterocycles. The number of pyridine rings is 1. The van der Waals surface area contributed by atoms with Gasteiger partial charge in [-0.2, -0.15) is 0 Å². The van der Waals surface area contributed by atoms with Gasteiger partial charge in [0.15, 0.2) is 0 Å². The summed E-state index contributed by atoms with van der Waals surface area (Å²) in [6.07, 6.45) is 1.29. The number of hydrogen-bond donors (Lipinski definition) is 1. The molecule has 0 radical (unpaired) electrons. The second-order valence-electron chi connectivity index (χ2n) is 4.32. The molecule has 1 aliphatic heterocycles. The molecule has 0 bridgehead atoms. The van der Waals surface area contributed by atoms with Gasteiger partial charge in [-0.05, 0) is 19.1 Å². The molecule has 1 aliphatic rings. The molecular formula is C12H17N3O. The molecule has 2 heterocycles. The van der Waals surface area contributed by atoms with Crippen LogP contribution in [0.15, 0.2) is 18.2 Å². The van der Waals surface area contributed by atoms with Gasteiger partial charge < -0.3 is 10.6 Å². The molecular weight excluding hydrogens is 202 g/mol. The standard InChI is InChI=1S/C12H17N3O/c1-9-3-2-4-11(14-9)5-6-15-8-10(13)7-12(15)16/h2-4,10H,5-8,13H2,1H3. The lowest BCUT2D eigenvalue weighted by atomic mass is 10.2. The van der Waals surface area contributed by atoms with Crippen LogP contribution in [0.3, 0.4) is 0 Å². The fraction of sp³-hybridized carbons (Fsp3) is 0.500. The molecule has 1 unspecified atom stereocenters. The third-order valence-electron chi connectivity index (χ3n) is 2.83. The number of aryl methyl sites for hydroxylation is 1. The van der Waals surface area contributed by atoms with Gasteiger partial charge in [0.2, 0.25) is 5.91 Å². The van der Waals surface area contributed by atoms with Crippen molar-refractivity contribution in [1.29, 1.82) is 0 Å². The summed E-state index contributed by atoms with van der Waals surface area (Å²) in [5.74, 6) is 0.167. The van der Waals surface area contributed by atoms with E-state index in [1.165, 1.54) is 0 Å². The van der Waals surface area contributed by atoms with Crippen molar-refractivity contribution in [3.63, 3.8) is 0 Å². The van der Waals surface area contributed by atoms with Gasteiger partial charge in [0.25, 0.3) is 0 Å². The van der Waals surface area contributed by atoms with Crippen molar-refractivity contribution in [1.82, 2.24) is 9.88 Å². The Labute approximate surface area is 95.5 Å². The summed E-state index contributed by atoms with van der Waals surface area (Å²) in [7, 11) is 0. The number of aromatic nitrogens is 1. The number of nitrogens with two attached hydrogens (primary N) is 1. The average Bonchev–Trinajstić information content (AvgIpc) is 2.54. The van der Waals surface area contributed by atoms with E-state index in [9.17, 15) is 4.79 Å². The molecule has 1 saturated heterocycles. The summed E-state index contributed by atoms with van der Waals surface area (Å²) >= 11 is 0. The van der Waals surface area contributed by atoms with Gasteiger partial charge in [0.1, 0.15) is 0 Å². The maximum atomic E-state index is 11.5. The van der Waals surface area contributed by atoms with Gasteiger partial charge in [0.05, 0.1) is 0 Å². The molecule has 1 amide bonds. The van der Waals surface area contributed by atoms with Crippen molar-refractivity contribution in [2.45, 2.75) is 25.8 Å². The highest BCUT2D eigenvalue weighted by Gasteiger charge is 2.26. The topological polar surface area (TPSA) is 59.2 Å². The number of nitrogens with zero attached hydrogens (tertiary/aromatic N) is 2. The lowest BCUT2D eigenvalue weighted by Crippen LogP contribution is -2.30. The number of carbonyl (C=O) groups is 1. The maximum absolute atomic E-state index is 11.5. The summed E-state index contributed by atoms with van der Waals surface area (Å²) in [6.45, 7) is 3.38. The first-order valence-corrected chi connectivity index (χ1v) is 5.61. The summed E-state index contributed by atoms with van der Waals surface area (Å²) < 4.78 is 0. The van der Waals surface area contributed by atoms with E-state index in [1.807, 2.05) is 30.0 Å². The maximum Gasteiger partial charge on any atom is 0.224 e. The molecule has 0 aromatic carbocycles. The van der Waals surface area contributed by atoms with Gasteiger partial charge >= 0.3 is 0 Å². The number of likely N-dealkylation sites (tertiary alicyclic amines) is 1. The first-order chi connectivity index (χ1) is 7.65. The smallest absolute Gasteiger partial charge is 0.224 e. The molecule has 0 saturated carbocycles. The van der Waals surface area contributed by atoms with Crippen LogP contribution in [-0.2, 0) is 11.2 Å². The van der Waals surface area contributed by atoms with Crippen molar-refractivity contribution in [3.05, 3.63) is 29.6 Å². The van der Waals surface area contributed by atoms with Crippen LogP contribution in [0.2, 0.25) is 0 Å². The predicted octanol–water partition coefficient (Wildman–Crippen LogP) is 0.492. The number of carbonyl (C=O) groups excluding carboxylic acids is 1. The molecule has 1 atom stereocenters. The summed E-state index contributed by atoms with van der Waals surface area (Å²) in [4.78, 5) is 17.7. The molecule has 1 fully saturated rings. The van der Waals surface area contributed by atoms with Crippen molar-refractivity contribution in [3.8, 4) is 0 Å². The first-order valence-electron chi connectivity index (χ1n) is 5.61. The molecule has 2 rings (SSSR count). The highest BCUT2D eigenvalue weighted by atomic mass is 16.2. The molecule has 4 nitrogen and oxygen atoms in total. The average molecular weight is 219 g/mol. The highest BCUT2D eigenvalue weighted by molar-refractivity contribution is 5.79. The Morgan fingerprint density at radius 1 is 1.56 bits per heavy atom. The van der Waals surface area contributed by atoms with Gasteiger partial charge in [0, 0.05) is 43.4 Å². The van der Waals surface area contributed by atoms with Crippen LogP contribution in [0.5, 0.6) is 0 Å². The van der Waals surface area contributed by atoms with Crippen LogP contribution in [-0.4, -0.2) is 34.9 Å². The predicted molar refractivity (Wildman–Crippen MR) is 61.9 cm³/mol. The Bertz CT molecular complexity index is 392. The highest BCUT2D eigenvalue weighted by Crippen LogP contribution is 2.10. The van der Waals surface area contributed by atoms with E-state index in [-0.39, 0.29) is 11.9 Å². The minimum absolute atomic E-state index is 0.0120. The normalized spacial score (nSPS) is 20.5. The fourth-order valence-electron chi connectivity index (χ4n) is 2.01. The Morgan fingerprint density at radius 3 is 3.00 bits per heavy atom. The molecule has 86 valence electrons. The SMILES string of the molecule is Cc1cccc(CCN2CC(N)CC2=O)n1. The minimum Gasteiger partial charge on any atom is -0.341 e. The van der Waals surface area contributed by atoms with Gasteiger partial charge in [-0.1, -0.05) is 6.07 Å². The largest absolute Gasteiger partial charge is 0.341 e. The third-order valence-corrected chi connectivity index (χ3v) is 2.83. The molecule has 0 aliphatic carbocycles. The van der Waals surface area contributed by atoms with E-state index in [4.69, 9.17) is 5.73 Å². The van der Waals surface area contributed by atoms with E-state index in [1.54, 1.807) is 0 Å². The number of rotatable bonds is 3. The van der Waals surface area contributed by atoms with Gasteiger partial charge in [-0.3, -0.25) is 9.78 Å². The zero-order chi connectivity index (χ0) is 11.5. The first kappa shape index (κ1) is 11.1. The van der Waals surface area contributed by atoms with E-state index < -0.39 is 0 Å². The Balaban J connectivity index is 1.90. The summed E-state index contributed by atoms with van der Waals surface area (Å²) in [5.41, 5.74) is 7.78. The van der Waals surface area contributed by atoms with Crippen molar-refractivity contribution < 1.29 is 4.79 Å². The van der Waals surface area contributed by atoms with Crippen molar-refractivity contribution in [2.75, 3.05) is 13.1 Å². The van der Waals surface area contributed by atoms with Crippen LogP contribution in [0.25, 0.3) is 0 Å². The van der Waals surface area contributed by atoms with Crippen LogP contribution in [0, 0.1) is 6.92 Å². The second kappa shape index (κ2) is 4.61. The lowest BCUT2D eigenvalue weighted by molar-refractivity contribution is -0.127. The monoisotopic (exact) mass is 219 g/mol. The summed E-state index contributed by atoms with van der Waals surface area (Å²) in [6, 6.07) is 5.97. The van der Waals surface area contributed by atoms with Crippen molar-refractivity contribution >= 4 is 5.91 Å². The zero-order valence-electron chi connectivity index (χ0n) is 9.52. The minimum atomic E-state index is 0.0120. The molecule has 4 heteroatoms. The molecule has 2 N–H and O–H groups in total. The molecule has 0 spiro atoms. The van der Waals surface area contributed by atoms with Crippen LogP contribution < -0.4 is 5.73 Å². The van der Waals surface area contributed by atoms with Crippen LogP contribution >= 0.6 is 0 Å². The van der Waals surface area contributed by atoms with Crippen LogP contribution in [0.4, 0.5) is 0 Å². The van der Waals surface area contributed by atoms with E-state index >= 15 is 0 Å². The third kappa shape index (κ3) is 2.58. The molecule has 16 heavy (non-hydrogen) atoms. The Hall–Kier alpha value is -1.42. The Kier molecular flexibility index (Phi) is 3.19. The zero-order valence-corrected chi connectivity index (χ0v) is 9.52. The van der Waals surface area contributed by atoms with Crippen LogP contribution in [0.1, 0.15) is 17.8 Å². The summed E-state index contributed by atoms with van der Waals surface area (Å²) in [5, 5.41) is 0. The fourth-order valence-corrected chi connectivity index (χ4v) is 2.01. The van der Waals surface area contributed by atoms with Crippen molar-refractivity contribution in [2.24, 2.45) is 5.73 Å². The number of amides is 1. The van der Waals surface area contributed by atoms with E-state index in [0.29, 0.717) is 13.0 Å². The quantitative estimate of drug-likeness (QED) is 0.805. The molecule has 1 aromatic rings. The lowest BCUT2D eigenvalue weighted by Gasteiger charge is -2.15. The Morgan fingerprint density at radius 2 is 2.38 bits per heavy atom.